The van der Waals surface area contributed by atoms with E-state index in [0.29, 0.717) is 17.9 Å². The third-order valence-electron chi connectivity index (χ3n) is 3.80. The van der Waals surface area contributed by atoms with E-state index >= 15 is 0 Å². The van der Waals surface area contributed by atoms with Crippen molar-refractivity contribution in [2.45, 2.75) is 38.6 Å². The third kappa shape index (κ3) is 2.81. The molecule has 17 heavy (non-hydrogen) atoms. The van der Waals surface area contributed by atoms with E-state index in [1.165, 1.54) is 12.0 Å². The number of hydrogen-bond donors (Lipinski definition) is 1. The van der Waals surface area contributed by atoms with E-state index in [4.69, 9.17) is 4.74 Å². The lowest BCUT2D eigenvalue weighted by Crippen LogP contribution is -2.33. The van der Waals surface area contributed by atoms with Crippen LogP contribution in [0.15, 0.2) is 24.3 Å². The summed E-state index contributed by atoms with van der Waals surface area (Å²) in [5.41, 5.74) is 1.39. The van der Waals surface area contributed by atoms with Crippen LogP contribution in [0, 0.1) is 5.92 Å². The molecule has 0 bridgehead atoms. The molecule has 0 aliphatic carbocycles. The Morgan fingerprint density at radius 2 is 2.12 bits per heavy atom. The highest BCUT2D eigenvalue weighted by Gasteiger charge is 2.24. The Hall–Kier alpha value is -1.02. The quantitative estimate of drug-likeness (QED) is 0.862. The molecule has 2 heteroatoms. The van der Waals surface area contributed by atoms with E-state index in [-0.39, 0.29) is 0 Å². The highest BCUT2D eigenvalue weighted by atomic mass is 16.5. The standard InChI is InChI=1S/C15H23NO/c1-11(2)14(16-3)10-12-8-9-17-15-7-5-4-6-13(12)15/h4-7,11-12,14,16H,8-10H2,1-3H3. The van der Waals surface area contributed by atoms with Gasteiger partial charge in [-0.15, -0.1) is 0 Å². The smallest absolute Gasteiger partial charge is 0.122 e. The predicted molar refractivity (Wildman–Crippen MR) is 71.6 cm³/mol. The summed E-state index contributed by atoms with van der Waals surface area (Å²) in [6.45, 7) is 5.43. The van der Waals surface area contributed by atoms with Gasteiger partial charge in [0.15, 0.2) is 0 Å². The fourth-order valence-corrected chi connectivity index (χ4v) is 2.69. The summed E-state index contributed by atoms with van der Waals surface area (Å²) in [4.78, 5) is 0. The molecule has 94 valence electrons. The summed E-state index contributed by atoms with van der Waals surface area (Å²) in [5.74, 6) is 2.40. The van der Waals surface area contributed by atoms with Gasteiger partial charge in [-0.1, -0.05) is 32.0 Å². The van der Waals surface area contributed by atoms with Crippen LogP contribution >= 0.6 is 0 Å². The van der Waals surface area contributed by atoms with E-state index in [9.17, 15) is 0 Å². The van der Waals surface area contributed by atoms with Crippen molar-refractivity contribution in [3.05, 3.63) is 29.8 Å². The molecule has 1 aliphatic rings. The fraction of sp³-hybridized carbons (Fsp3) is 0.600. The average molecular weight is 233 g/mol. The summed E-state index contributed by atoms with van der Waals surface area (Å²) < 4.78 is 5.71. The molecule has 2 atom stereocenters. The maximum atomic E-state index is 5.71. The number of rotatable bonds is 4. The Bertz CT molecular complexity index is 362. The Morgan fingerprint density at radius 3 is 2.82 bits per heavy atom. The molecule has 1 N–H and O–H groups in total. The van der Waals surface area contributed by atoms with Gasteiger partial charge in [-0.2, -0.15) is 0 Å². The molecule has 0 radical (unpaired) electrons. The molecule has 0 spiro atoms. The molecule has 1 aromatic rings. The lowest BCUT2D eigenvalue weighted by atomic mass is 9.84. The molecule has 0 aromatic heterocycles. The maximum Gasteiger partial charge on any atom is 0.122 e. The Kier molecular flexibility index (Phi) is 4.06. The molecule has 0 saturated heterocycles. The van der Waals surface area contributed by atoms with Gasteiger partial charge in [0.05, 0.1) is 6.61 Å². The second-order valence-electron chi connectivity index (χ2n) is 5.25. The summed E-state index contributed by atoms with van der Waals surface area (Å²) in [6, 6.07) is 9.06. The monoisotopic (exact) mass is 233 g/mol. The number of fused-ring (bicyclic) bond motifs is 1. The summed E-state index contributed by atoms with van der Waals surface area (Å²) >= 11 is 0. The Morgan fingerprint density at radius 1 is 1.35 bits per heavy atom. The molecular formula is C15H23NO. The van der Waals surface area contributed by atoms with E-state index in [1.54, 1.807) is 0 Å². The Balaban J connectivity index is 2.13. The van der Waals surface area contributed by atoms with Crippen molar-refractivity contribution in [2.75, 3.05) is 13.7 Å². The van der Waals surface area contributed by atoms with Crippen molar-refractivity contribution < 1.29 is 4.74 Å². The van der Waals surface area contributed by atoms with Gasteiger partial charge in [-0.25, -0.2) is 0 Å². The minimum atomic E-state index is 0.589. The molecule has 1 aliphatic heterocycles. The number of ether oxygens (including phenoxy) is 1. The van der Waals surface area contributed by atoms with Crippen LogP contribution in [0.1, 0.15) is 38.2 Å². The van der Waals surface area contributed by atoms with E-state index in [2.05, 4.69) is 50.5 Å². The first-order valence-electron chi connectivity index (χ1n) is 6.61. The normalized spacial score (nSPS) is 20.8. The van der Waals surface area contributed by atoms with Gasteiger partial charge in [-0.05, 0) is 43.4 Å². The molecular weight excluding hydrogens is 210 g/mol. The van der Waals surface area contributed by atoms with Crippen LogP contribution in [0.25, 0.3) is 0 Å². The molecule has 1 aromatic carbocycles. The van der Waals surface area contributed by atoms with Gasteiger partial charge < -0.3 is 10.1 Å². The zero-order valence-electron chi connectivity index (χ0n) is 11.1. The fourth-order valence-electron chi connectivity index (χ4n) is 2.69. The van der Waals surface area contributed by atoms with Crippen LogP contribution in [0.4, 0.5) is 0 Å². The lowest BCUT2D eigenvalue weighted by molar-refractivity contribution is 0.248. The van der Waals surface area contributed by atoms with Gasteiger partial charge in [0.1, 0.15) is 5.75 Å². The van der Waals surface area contributed by atoms with Crippen molar-refractivity contribution in [3.8, 4) is 5.75 Å². The van der Waals surface area contributed by atoms with Crippen LogP contribution in [-0.4, -0.2) is 19.7 Å². The predicted octanol–water partition coefficient (Wildman–Crippen LogP) is 3.19. The van der Waals surface area contributed by atoms with Gasteiger partial charge in [0, 0.05) is 6.04 Å². The van der Waals surface area contributed by atoms with E-state index in [1.807, 2.05) is 0 Å². The number of para-hydroxylation sites is 1. The summed E-state index contributed by atoms with van der Waals surface area (Å²) in [5, 5.41) is 3.44. The van der Waals surface area contributed by atoms with Gasteiger partial charge in [0.25, 0.3) is 0 Å². The number of hydrogen-bond acceptors (Lipinski definition) is 2. The second-order valence-corrected chi connectivity index (χ2v) is 5.25. The minimum absolute atomic E-state index is 0.589. The first-order chi connectivity index (χ1) is 8.22. The molecule has 0 fully saturated rings. The highest BCUT2D eigenvalue weighted by molar-refractivity contribution is 5.37. The minimum Gasteiger partial charge on any atom is -0.493 e. The SMILES string of the molecule is CNC(CC1CCOc2ccccc21)C(C)C. The van der Waals surface area contributed by atoms with Crippen LogP contribution in [0.3, 0.4) is 0 Å². The van der Waals surface area contributed by atoms with E-state index < -0.39 is 0 Å². The summed E-state index contributed by atoms with van der Waals surface area (Å²) in [6.07, 6.45) is 2.34. The van der Waals surface area contributed by atoms with Crippen LogP contribution in [0.5, 0.6) is 5.75 Å². The van der Waals surface area contributed by atoms with Crippen molar-refractivity contribution >= 4 is 0 Å². The molecule has 2 unspecified atom stereocenters. The topological polar surface area (TPSA) is 21.3 Å². The van der Waals surface area contributed by atoms with Crippen molar-refractivity contribution in [3.63, 3.8) is 0 Å². The number of benzene rings is 1. The Labute approximate surface area is 104 Å². The first-order valence-corrected chi connectivity index (χ1v) is 6.61. The number of nitrogens with one attached hydrogen (secondary N) is 1. The summed E-state index contributed by atoms with van der Waals surface area (Å²) in [7, 11) is 2.07. The van der Waals surface area contributed by atoms with Crippen LogP contribution in [-0.2, 0) is 0 Å². The lowest BCUT2D eigenvalue weighted by Gasteiger charge is -2.30. The molecule has 2 rings (SSSR count). The van der Waals surface area contributed by atoms with Gasteiger partial charge in [-0.3, -0.25) is 0 Å². The van der Waals surface area contributed by atoms with Crippen LogP contribution in [0.2, 0.25) is 0 Å². The zero-order valence-corrected chi connectivity index (χ0v) is 11.1. The van der Waals surface area contributed by atoms with Gasteiger partial charge >= 0.3 is 0 Å². The molecule has 0 amide bonds. The van der Waals surface area contributed by atoms with E-state index in [0.717, 1.165) is 18.8 Å². The maximum absolute atomic E-state index is 5.71. The zero-order chi connectivity index (χ0) is 12.3. The highest BCUT2D eigenvalue weighted by Crippen LogP contribution is 2.36. The third-order valence-corrected chi connectivity index (χ3v) is 3.80. The van der Waals surface area contributed by atoms with Crippen molar-refractivity contribution in [1.29, 1.82) is 0 Å². The largest absolute Gasteiger partial charge is 0.493 e. The molecule has 0 saturated carbocycles. The van der Waals surface area contributed by atoms with Crippen molar-refractivity contribution in [1.82, 2.24) is 5.32 Å². The molecule has 1 heterocycles. The molecule has 2 nitrogen and oxygen atoms in total. The second kappa shape index (κ2) is 5.54. The van der Waals surface area contributed by atoms with Gasteiger partial charge in [0.2, 0.25) is 0 Å². The average Bonchev–Trinajstić information content (AvgIpc) is 2.35. The first kappa shape index (κ1) is 12.4. The van der Waals surface area contributed by atoms with Crippen LogP contribution < -0.4 is 10.1 Å². The van der Waals surface area contributed by atoms with Crippen molar-refractivity contribution in [2.24, 2.45) is 5.92 Å².